The summed E-state index contributed by atoms with van der Waals surface area (Å²) in [6.45, 7) is 1.25. The fourth-order valence-electron chi connectivity index (χ4n) is 4.27. The Balaban J connectivity index is 1.85. The van der Waals surface area contributed by atoms with Crippen LogP contribution >= 0.6 is 0 Å². The van der Waals surface area contributed by atoms with E-state index in [0.717, 1.165) is 12.8 Å². The Kier molecular flexibility index (Phi) is 5.23. The minimum Gasteiger partial charge on any atom is -0.493 e. The van der Waals surface area contributed by atoms with Crippen LogP contribution in [-0.4, -0.2) is 50.2 Å². The summed E-state index contributed by atoms with van der Waals surface area (Å²) in [6.07, 6.45) is 1.69. The average Bonchev–Trinajstić information content (AvgIpc) is 3.08. The lowest BCUT2D eigenvalue weighted by Gasteiger charge is -2.29. The van der Waals surface area contributed by atoms with E-state index in [9.17, 15) is 9.59 Å². The molecule has 4 rings (SSSR count). The Labute approximate surface area is 167 Å². The summed E-state index contributed by atoms with van der Waals surface area (Å²) in [5.41, 5.74) is 1.02. The highest BCUT2D eigenvalue weighted by Crippen LogP contribution is 2.47. The molecule has 3 heterocycles. The van der Waals surface area contributed by atoms with Gasteiger partial charge in [-0.05, 0) is 18.9 Å². The van der Waals surface area contributed by atoms with Crippen LogP contribution in [0, 0.1) is 0 Å². The first kappa shape index (κ1) is 19.4. The molecule has 1 amide bonds. The summed E-state index contributed by atoms with van der Waals surface area (Å²) in [7, 11) is 4.60. The van der Waals surface area contributed by atoms with Gasteiger partial charge in [0.25, 0.3) is 5.56 Å². The van der Waals surface area contributed by atoms with Crippen molar-refractivity contribution in [1.82, 2.24) is 9.78 Å². The van der Waals surface area contributed by atoms with E-state index in [-0.39, 0.29) is 23.9 Å². The third-order valence-electron chi connectivity index (χ3n) is 5.62. The van der Waals surface area contributed by atoms with Crippen LogP contribution < -0.4 is 25.1 Å². The highest BCUT2D eigenvalue weighted by atomic mass is 16.5. The molecule has 1 aromatic heterocycles. The molecule has 29 heavy (non-hydrogen) atoms. The molecule has 9 heteroatoms. The van der Waals surface area contributed by atoms with Gasteiger partial charge in [0.15, 0.2) is 11.5 Å². The Morgan fingerprint density at radius 3 is 2.41 bits per heavy atom. The van der Waals surface area contributed by atoms with Crippen LogP contribution in [0.2, 0.25) is 0 Å². The number of hydrogen-bond donors (Lipinski definition) is 2. The van der Waals surface area contributed by atoms with Crippen LogP contribution in [0.4, 0.5) is 5.82 Å². The number of rotatable bonds is 5. The maximum atomic E-state index is 12.9. The lowest BCUT2D eigenvalue weighted by Crippen LogP contribution is -2.28. The Bertz CT molecular complexity index is 973. The molecule has 156 valence electrons. The molecule has 1 aromatic carbocycles. The first-order valence-electron chi connectivity index (χ1n) is 9.59. The van der Waals surface area contributed by atoms with Crippen LogP contribution in [0.3, 0.4) is 0 Å². The van der Waals surface area contributed by atoms with Gasteiger partial charge in [-0.15, -0.1) is 0 Å². The van der Waals surface area contributed by atoms with Gasteiger partial charge in [0.2, 0.25) is 11.7 Å². The number of fused-ring (bicyclic) bond motifs is 1. The van der Waals surface area contributed by atoms with Gasteiger partial charge >= 0.3 is 0 Å². The lowest BCUT2D eigenvalue weighted by atomic mass is 9.86. The van der Waals surface area contributed by atoms with E-state index < -0.39 is 5.92 Å². The van der Waals surface area contributed by atoms with Gasteiger partial charge < -0.3 is 24.3 Å². The molecule has 0 bridgehead atoms. The van der Waals surface area contributed by atoms with Crippen LogP contribution in [0.25, 0.3) is 0 Å². The summed E-state index contributed by atoms with van der Waals surface area (Å²) in [5.74, 6) is 1.32. The summed E-state index contributed by atoms with van der Waals surface area (Å²) in [5, 5.41) is 5.82. The first-order chi connectivity index (χ1) is 14.1. The summed E-state index contributed by atoms with van der Waals surface area (Å²) in [6, 6.07) is 3.65. The Hall–Kier alpha value is -2.94. The van der Waals surface area contributed by atoms with Gasteiger partial charge in [-0.1, -0.05) is 6.07 Å². The number of benzene rings is 1. The van der Waals surface area contributed by atoms with Gasteiger partial charge in [-0.25, -0.2) is 0 Å². The van der Waals surface area contributed by atoms with Crippen molar-refractivity contribution in [1.29, 1.82) is 0 Å². The van der Waals surface area contributed by atoms with Crippen LogP contribution in [0.1, 0.15) is 42.3 Å². The molecular formula is C20H25N3O6. The topological polar surface area (TPSA) is 104 Å². The van der Waals surface area contributed by atoms with E-state index in [1.807, 2.05) is 6.07 Å². The number of hydrogen-bond acceptors (Lipinski definition) is 6. The highest BCUT2D eigenvalue weighted by molar-refractivity contribution is 5.94. The molecule has 2 aliphatic rings. The van der Waals surface area contributed by atoms with E-state index in [4.69, 9.17) is 18.9 Å². The Morgan fingerprint density at radius 2 is 1.76 bits per heavy atom. The molecule has 0 saturated carbocycles. The zero-order valence-corrected chi connectivity index (χ0v) is 16.7. The summed E-state index contributed by atoms with van der Waals surface area (Å²) < 4.78 is 23.6. The number of nitrogens with zero attached hydrogens (tertiary/aromatic N) is 1. The van der Waals surface area contributed by atoms with Crippen LogP contribution in [-0.2, 0) is 9.53 Å². The van der Waals surface area contributed by atoms with Crippen LogP contribution in [0.5, 0.6) is 17.2 Å². The fraction of sp³-hybridized carbons (Fsp3) is 0.500. The molecule has 0 radical (unpaired) electrons. The van der Waals surface area contributed by atoms with Gasteiger partial charge in [-0.3, -0.25) is 19.4 Å². The number of ether oxygens (including phenoxy) is 4. The molecule has 9 nitrogen and oxygen atoms in total. The largest absolute Gasteiger partial charge is 0.493 e. The lowest BCUT2D eigenvalue weighted by molar-refractivity contribution is -0.116. The van der Waals surface area contributed by atoms with Crippen molar-refractivity contribution in [2.75, 3.05) is 39.9 Å². The van der Waals surface area contributed by atoms with E-state index in [2.05, 4.69) is 10.4 Å². The molecule has 1 fully saturated rings. The van der Waals surface area contributed by atoms with Crippen molar-refractivity contribution in [3.63, 3.8) is 0 Å². The van der Waals surface area contributed by atoms with E-state index in [1.165, 1.54) is 14.2 Å². The number of H-pyrrole nitrogens is 1. The first-order valence-corrected chi connectivity index (χ1v) is 9.59. The van der Waals surface area contributed by atoms with Gasteiger partial charge in [0.1, 0.15) is 5.82 Å². The highest BCUT2D eigenvalue weighted by Gasteiger charge is 2.36. The van der Waals surface area contributed by atoms with E-state index >= 15 is 0 Å². The number of anilines is 1. The fourth-order valence-corrected chi connectivity index (χ4v) is 4.27. The number of aromatic nitrogens is 2. The molecule has 2 aliphatic heterocycles. The quantitative estimate of drug-likeness (QED) is 0.792. The SMILES string of the molecule is COc1ccc([C@H]2CC(=O)Nc3c2c(=O)[nH]n3C2CCOCC2)c(OC)c1OC. The second-order valence-corrected chi connectivity index (χ2v) is 7.15. The molecule has 2 aromatic rings. The zero-order valence-electron chi connectivity index (χ0n) is 16.7. The normalized spacial score (nSPS) is 19.4. The third kappa shape index (κ3) is 3.25. The standard InChI is InChI=1S/C20H25N3O6/c1-26-14-5-4-12(17(27-2)18(14)28-3)13-10-15(24)21-19-16(13)20(25)22-23(19)11-6-8-29-9-7-11/h4-5,11,13H,6-10H2,1-3H3,(H,21,24)(H,22,25)/t13-/m1/s1. The second kappa shape index (κ2) is 7.82. The maximum Gasteiger partial charge on any atom is 0.270 e. The minimum absolute atomic E-state index is 0.0755. The molecule has 0 unspecified atom stereocenters. The van der Waals surface area contributed by atoms with Crippen molar-refractivity contribution in [2.45, 2.75) is 31.2 Å². The minimum atomic E-state index is -0.460. The summed E-state index contributed by atoms with van der Waals surface area (Å²) in [4.78, 5) is 25.5. The van der Waals surface area contributed by atoms with Crippen molar-refractivity contribution >= 4 is 11.7 Å². The van der Waals surface area contributed by atoms with E-state index in [1.54, 1.807) is 17.9 Å². The smallest absolute Gasteiger partial charge is 0.270 e. The van der Waals surface area contributed by atoms with Crippen molar-refractivity contribution in [3.8, 4) is 17.2 Å². The second-order valence-electron chi connectivity index (χ2n) is 7.15. The van der Waals surface area contributed by atoms with Crippen molar-refractivity contribution in [2.24, 2.45) is 0 Å². The number of aromatic amines is 1. The summed E-state index contributed by atoms with van der Waals surface area (Å²) >= 11 is 0. The number of carbonyl (C=O) groups excluding carboxylic acids is 1. The van der Waals surface area contributed by atoms with Crippen molar-refractivity contribution in [3.05, 3.63) is 33.6 Å². The molecule has 1 atom stereocenters. The number of methoxy groups -OCH3 is 3. The third-order valence-corrected chi connectivity index (χ3v) is 5.62. The molecule has 0 spiro atoms. The maximum absolute atomic E-state index is 12.9. The predicted octanol–water partition coefficient (Wildman–Crippen LogP) is 2.03. The molecule has 2 N–H and O–H groups in total. The Morgan fingerprint density at radius 1 is 1.03 bits per heavy atom. The monoisotopic (exact) mass is 403 g/mol. The molecular weight excluding hydrogens is 378 g/mol. The average molecular weight is 403 g/mol. The van der Waals surface area contributed by atoms with Gasteiger partial charge in [0, 0.05) is 31.1 Å². The molecule has 0 aliphatic carbocycles. The van der Waals surface area contributed by atoms with Gasteiger partial charge in [-0.2, -0.15) is 0 Å². The number of nitrogens with one attached hydrogen (secondary N) is 2. The predicted molar refractivity (Wildman–Crippen MR) is 105 cm³/mol. The molecule has 1 saturated heterocycles. The van der Waals surface area contributed by atoms with Crippen LogP contribution in [0.15, 0.2) is 16.9 Å². The van der Waals surface area contributed by atoms with Crippen molar-refractivity contribution < 1.29 is 23.7 Å². The van der Waals surface area contributed by atoms with E-state index in [0.29, 0.717) is 47.4 Å². The number of carbonyl (C=O) groups is 1. The van der Waals surface area contributed by atoms with Gasteiger partial charge in [0.05, 0.1) is 32.9 Å². The number of amides is 1. The zero-order chi connectivity index (χ0) is 20.5.